The lowest BCUT2D eigenvalue weighted by Gasteiger charge is -2.31. The van der Waals surface area contributed by atoms with Gasteiger partial charge in [-0.2, -0.15) is 0 Å². The first-order chi connectivity index (χ1) is 8.61. The predicted molar refractivity (Wildman–Crippen MR) is 76.3 cm³/mol. The summed E-state index contributed by atoms with van der Waals surface area (Å²) in [5, 5.41) is 3.32. The molecular weight excluding hydrogens is 224 g/mol. The maximum absolute atomic E-state index is 4.60. The minimum Gasteiger partial charge on any atom is -0.370 e. The maximum Gasteiger partial charge on any atom is 0.137 e. The van der Waals surface area contributed by atoms with Crippen molar-refractivity contribution in [1.29, 1.82) is 0 Å². The van der Waals surface area contributed by atoms with Gasteiger partial charge >= 0.3 is 0 Å². The topological polar surface area (TPSA) is 41.1 Å². The Hall–Kier alpha value is -1.32. The van der Waals surface area contributed by atoms with Gasteiger partial charge < -0.3 is 10.2 Å². The molecule has 0 saturated heterocycles. The summed E-state index contributed by atoms with van der Waals surface area (Å²) in [6, 6.07) is 0. The molecule has 1 saturated carbocycles. The van der Waals surface area contributed by atoms with Crippen molar-refractivity contribution in [2.24, 2.45) is 5.92 Å². The van der Waals surface area contributed by atoms with Gasteiger partial charge in [-0.25, -0.2) is 9.97 Å². The summed E-state index contributed by atoms with van der Waals surface area (Å²) in [4.78, 5) is 11.4. The van der Waals surface area contributed by atoms with E-state index in [2.05, 4.69) is 41.1 Å². The van der Waals surface area contributed by atoms with E-state index in [0.717, 1.165) is 42.0 Å². The molecule has 1 fully saturated rings. The standard InChI is InChI=1S/C14H24N4/c1-5-15-13-10(2)14(17-11(3)16-13)18(4)9-12-7-6-8-12/h12H,5-9H2,1-4H3,(H,15,16,17). The summed E-state index contributed by atoms with van der Waals surface area (Å²) in [7, 11) is 2.14. The minimum atomic E-state index is 0.840. The Kier molecular flexibility index (Phi) is 4.04. The van der Waals surface area contributed by atoms with E-state index < -0.39 is 0 Å². The lowest BCUT2D eigenvalue weighted by molar-refractivity contribution is 0.321. The van der Waals surface area contributed by atoms with Crippen LogP contribution in [0.2, 0.25) is 0 Å². The number of aromatic nitrogens is 2. The highest BCUT2D eigenvalue weighted by Crippen LogP contribution is 2.29. The molecule has 0 amide bonds. The summed E-state index contributed by atoms with van der Waals surface area (Å²) in [6.07, 6.45) is 4.13. The van der Waals surface area contributed by atoms with Crippen LogP contribution in [0.3, 0.4) is 0 Å². The average Bonchev–Trinajstić information content (AvgIpc) is 2.28. The predicted octanol–water partition coefficient (Wildman–Crippen LogP) is 2.76. The minimum absolute atomic E-state index is 0.840. The first-order valence-corrected chi connectivity index (χ1v) is 6.92. The zero-order chi connectivity index (χ0) is 13.1. The number of nitrogens with zero attached hydrogens (tertiary/aromatic N) is 3. The molecule has 2 rings (SSSR count). The number of hydrogen-bond acceptors (Lipinski definition) is 4. The van der Waals surface area contributed by atoms with Gasteiger partial charge in [0.1, 0.15) is 17.5 Å². The van der Waals surface area contributed by atoms with Gasteiger partial charge in [0.25, 0.3) is 0 Å². The van der Waals surface area contributed by atoms with Crippen molar-refractivity contribution in [1.82, 2.24) is 9.97 Å². The van der Waals surface area contributed by atoms with Gasteiger partial charge in [-0.1, -0.05) is 6.42 Å². The summed E-state index contributed by atoms with van der Waals surface area (Å²) in [5.74, 6) is 3.74. The second-order valence-electron chi connectivity index (χ2n) is 5.28. The smallest absolute Gasteiger partial charge is 0.137 e. The normalized spacial score (nSPS) is 15.3. The SMILES string of the molecule is CCNc1nc(C)nc(N(C)CC2CCC2)c1C. The zero-order valence-corrected chi connectivity index (χ0v) is 12.0. The fourth-order valence-electron chi connectivity index (χ4n) is 2.47. The zero-order valence-electron chi connectivity index (χ0n) is 12.0. The third-order valence-corrected chi connectivity index (χ3v) is 3.69. The highest BCUT2D eigenvalue weighted by molar-refractivity contribution is 5.58. The second kappa shape index (κ2) is 5.55. The van der Waals surface area contributed by atoms with E-state index in [1.807, 2.05) is 6.92 Å². The molecule has 1 heterocycles. The molecule has 100 valence electrons. The fourth-order valence-corrected chi connectivity index (χ4v) is 2.47. The van der Waals surface area contributed by atoms with Crippen LogP contribution in [0.15, 0.2) is 0 Å². The highest BCUT2D eigenvalue weighted by atomic mass is 15.2. The Labute approximate surface area is 110 Å². The van der Waals surface area contributed by atoms with Crippen molar-refractivity contribution in [3.05, 3.63) is 11.4 Å². The van der Waals surface area contributed by atoms with Crippen LogP contribution >= 0.6 is 0 Å². The third kappa shape index (κ3) is 2.74. The molecule has 1 N–H and O–H groups in total. The van der Waals surface area contributed by atoms with Gasteiger partial charge in [-0.3, -0.25) is 0 Å². The summed E-state index contributed by atoms with van der Waals surface area (Å²) in [6.45, 7) is 8.16. The quantitative estimate of drug-likeness (QED) is 0.870. The average molecular weight is 248 g/mol. The van der Waals surface area contributed by atoms with Gasteiger partial charge in [0.15, 0.2) is 0 Å². The first kappa shape index (κ1) is 13.1. The summed E-state index contributed by atoms with van der Waals surface area (Å²) < 4.78 is 0. The molecule has 0 aliphatic heterocycles. The molecule has 0 spiro atoms. The summed E-state index contributed by atoms with van der Waals surface area (Å²) >= 11 is 0. The fraction of sp³-hybridized carbons (Fsp3) is 0.714. The van der Waals surface area contributed by atoms with Gasteiger partial charge in [-0.15, -0.1) is 0 Å². The monoisotopic (exact) mass is 248 g/mol. The molecule has 4 nitrogen and oxygen atoms in total. The van der Waals surface area contributed by atoms with Gasteiger partial charge in [-0.05, 0) is 39.5 Å². The number of anilines is 2. The molecule has 18 heavy (non-hydrogen) atoms. The Morgan fingerprint density at radius 1 is 1.28 bits per heavy atom. The van der Waals surface area contributed by atoms with Crippen LogP contribution in [-0.2, 0) is 0 Å². The lowest BCUT2D eigenvalue weighted by atomic mass is 9.85. The van der Waals surface area contributed by atoms with E-state index in [1.54, 1.807) is 0 Å². The Balaban J connectivity index is 2.19. The molecular formula is C14H24N4. The molecule has 0 aromatic carbocycles. The van der Waals surface area contributed by atoms with Crippen LogP contribution in [0.25, 0.3) is 0 Å². The van der Waals surface area contributed by atoms with Crippen LogP contribution in [0.4, 0.5) is 11.6 Å². The van der Waals surface area contributed by atoms with E-state index in [1.165, 1.54) is 19.3 Å². The van der Waals surface area contributed by atoms with Crippen LogP contribution in [0, 0.1) is 19.8 Å². The molecule has 0 bridgehead atoms. The lowest BCUT2D eigenvalue weighted by Crippen LogP contribution is -2.30. The van der Waals surface area contributed by atoms with E-state index in [-0.39, 0.29) is 0 Å². The van der Waals surface area contributed by atoms with E-state index in [0.29, 0.717) is 0 Å². The highest BCUT2D eigenvalue weighted by Gasteiger charge is 2.21. The second-order valence-corrected chi connectivity index (χ2v) is 5.28. The molecule has 1 aromatic rings. The van der Waals surface area contributed by atoms with Crippen molar-refractivity contribution < 1.29 is 0 Å². The first-order valence-electron chi connectivity index (χ1n) is 6.92. The summed E-state index contributed by atoms with van der Waals surface area (Å²) in [5.41, 5.74) is 1.16. The van der Waals surface area contributed by atoms with Gasteiger partial charge in [0, 0.05) is 25.7 Å². The van der Waals surface area contributed by atoms with Crippen molar-refractivity contribution in [2.45, 2.75) is 40.0 Å². The van der Waals surface area contributed by atoms with Gasteiger partial charge in [0.2, 0.25) is 0 Å². The molecule has 0 unspecified atom stereocenters. The number of nitrogens with one attached hydrogen (secondary N) is 1. The number of aryl methyl sites for hydroxylation is 1. The molecule has 1 aromatic heterocycles. The van der Waals surface area contributed by atoms with Crippen molar-refractivity contribution in [2.75, 3.05) is 30.4 Å². The third-order valence-electron chi connectivity index (χ3n) is 3.69. The Morgan fingerprint density at radius 2 is 2.00 bits per heavy atom. The molecule has 1 aliphatic carbocycles. The van der Waals surface area contributed by atoms with Crippen molar-refractivity contribution in [3.8, 4) is 0 Å². The van der Waals surface area contributed by atoms with Crippen molar-refractivity contribution in [3.63, 3.8) is 0 Å². The van der Waals surface area contributed by atoms with E-state index >= 15 is 0 Å². The van der Waals surface area contributed by atoms with Crippen LogP contribution in [0.1, 0.15) is 37.6 Å². The number of hydrogen-bond donors (Lipinski definition) is 1. The van der Waals surface area contributed by atoms with Crippen LogP contribution in [-0.4, -0.2) is 30.1 Å². The van der Waals surface area contributed by atoms with Gasteiger partial charge in [0.05, 0.1) is 0 Å². The molecule has 1 aliphatic rings. The van der Waals surface area contributed by atoms with Crippen LogP contribution < -0.4 is 10.2 Å². The molecule has 4 heteroatoms. The Morgan fingerprint density at radius 3 is 2.56 bits per heavy atom. The maximum atomic E-state index is 4.60. The van der Waals surface area contributed by atoms with E-state index in [4.69, 9.17) is 0 Å². The van der Waals surface area contributed by atoms with E-state index in [9.17, 15) is 0 Å². The Bertz CT molecular complexity index is 413. The number of rotatable bonds is 5. The van der Waals surface area contributed by atoms with Crippen LogP contribution in [0.5, 0.6) is 0 Å². The molecule has 0 radical (unpaired) electrons. The van der Waals surface area contributed by atoms with Crippen molar-refractivity contribution >= 4 is 11.6 Å². The largest absolute Gasteiger partial charge is 0.370 e. The molecule has 0 atom stereocenters.